The van der Waals surface area contributed by atoms with Gasteiger partial charge in [-0.05, 0) is 13.0 Å². The van der Waals surface area contributed by atoms with E-state index in [4.69, 9.17) is 29.6 Å². The van der Waals surface area contributed by atoms with Gasteiger partial charge in [0.15, 0.2) is 0 Å². The van der Waals surface area contributed by atoms with E-state index in [1.807, 2.05) is 6.92 Å². The first-order valence-corrected chi connectivity index (χ1v) is 7.46. The SMILES string of the molecule is CC(C(N)=S)N1CCN(Cc2cccc(Cl)c2F)CC1. The lowest BCUT2D eigenvalue weighted by atomic mass is 10.1. The summed E-state index contributed by atoms with van der Waals surface area (Å²) in [5.41, 5.74) is 6.32. The molecule has 1 atom stereocenters. The first-order valence-electron chi connectivity index (χ1n) is 6.67. The number of rotatable bonds is 4. The third-order valence-corrected chi connectivity index (χ3v) is 4.42. The van der Waals surface area contributed by atoms with E-state index in [2.05, 4.69) is 9.80 Å². The molecule has 0 bridgehead atoms. The summed E-state index contributed by atoms with van der Waals surface area (Å²) in [6.07, 6.45) is 0. The fourth-order valence-corrected chi connectivity index (χ4v) is 2.74. The highest BCUT2D eigenvalue weighted by Crippen LogP contribution is 2.20. The van der Waals surface area contributed by atoms with Crippen LogP contribution in [0.25, 0.3) is 0 Å². The summed E-state index contributed by atoms with van der Waals surface area (Å²) in [5, 5.41) is 0.184. The molecule has 1 heterocycles. The highest BCUT2D eigenvalue weighted by atomic mass is 35.5. The maximum absolute atomic E-state index is 13.9. The van der Waals surface area contributed by atoms with E-state index in [1.54, 1.807) is 18.2 Å². The Morgan fingerprint density at radius 3 is 2.65 bits per heavy atom. The minimum absolute atomic E-state index is 0.120. The van der Waals surface area contributed by atoms with Gasteiger partial charge in [0.05, 0.1) is 16.1 Å². The molecule has 2 rings (SSSR count). The van der Waals surface area contributed by atoms with Crippen LogP contribution >= 0.6 is 23.8 Å². The smallest absolute Gasteiger partial charge is 0.146 e. The maximum atomic E-state index is 13.9. The van der Waals surface area contributed by atoms with Crippen molar-refractivity contribution in [3.8, 4) is 0 Å². The summed E-state index contributed by atoms with van der Waals surface area (Å²) >= 11 is 10.8. The van der Waals surface area contributed by atoms with Gasteiger partial charge >= 0.3 is 0 Å². The molecule has 1 fully saturated rings. The summed E-state index contributed by atoms with van der Waals surface area (Å²) < 4.78 is 13.9. The van der Waals surface area contributed by atoms with Gasteiger partial charge in [-0.1, -0.05) is 36.0 Å². The number of benzene rings is 1. The normalized spacial score (nSPS) is 18.9. The molecule has 1 unspecified atom stereocenters. The molecule has 1 aromatic carbocycles. The van der Waals surface area contributed by atoms with E-state index in [-0.39, 0.29) is 16.9 Å². The molecule has 0 saturated carbocycles. The van der Waals surface area contributed by atoms with Crippen LogP contribution in [0.1, 0.15) is 12.5 Å². The Morgan fingerprint density at radius 1 is 1.40 bits per heavy atom. The molecular formula is C14H19ClFN3S. The average Bonchev–Trinajstić information content (AvgIpc) is 2.44. The summed E-state index contributed by atoms with van der Waals surface area (Å²) in [6.45, 7) is 6.13. The molecule has 0 aromatic heterocycles. The van der Waals surface area contributed by atoms with Crippen LogP contribution in [0.5, 0.6) is 0 Å². The van der Waals surface area contributed by atoms with Gasteiger partial charge in [-0.2, -0.15) is 0 Å². The fourth-order valence-electron chi connectivity index (χ4n) is 2.40. The number of halogens is 2. The van der Waals surface area contributed by atoms with Gasteiger partial charge in [-0.3, -0.25) is 9.80 Å². The van der Waals surface area contributed by atoms with Crippen molar-refractivity contribution in [1.82, 2.24) is 9.80 Å². The zero-order valence-electron chi connectivity index (χ0n) is 11.5. The molecule has 1 aromatic rings. The molecule has 0 aliphatic carbocycles. The van der Waals surface area contributed by atoms with Crippen molar-refractivity contribution in [2.24, 2.45) is 5.73 Å². The molecule has 1 aliphatic rings. The van der Waals surface area contributed by atoms with E-state index in [0.29, 0.717) is 17.1 Å². The highest BCUT2D eigenvalue weighted by Gasteiger charge is 2.23. The second kappa shape index (κ2) is 6.80. The molecule has 2 N–H and O–H groups in total. The van der Waals surface area contributed by atoms with E-state index >= 15 is 0 Å². The van der Waals surface area contributed by atoms with Crippen molar-refractivity contribution in [2.75, 3.05) is 26.2 Å². The quantitative estimate of drug-likeness (QED) is 0.864. The lowest BCUT2D eigenvalue weighted by Gasteiger charge is -2.37. The topological polar surface area (TPSA) is 32.5 Å². The molecule has 6 heteroatoms. The zero-order valence-corrected chi connectivity index (χ0v) is 13.1. The Kier molecular flexibility index (Phi) is 5.32. The van der Waals surface area contributed by atoms with E-state index in [1.165, 1.54) is 0 Å². The number of nitrogens with zero attached hydrogens (tertiary/aromatic N) is 2. The average molecular weight is 316 g/mol. The van der Waals surface area contributed by atoms with Gasteiger partial charge in [-0.15, -0.1) is 0 Å². The largest absolute Gasteiger partial charge is 0.392 e. The summed E-state index contributed by atoms with van der Waals surface area (Å²) in [5.74, 6) is -0.312. The molecule has 110 valence electrons. The molecule has 1 saturated heterocycles. The minimum atomic E-state index is -0.312. The van der Waals surface area contributed by atoms with Crippen LogP contribution in [0, 0.1) is 5.82 Å². The number of piperazine rings is 1. The van der Waals surface area contributed by atoms with Gasteiger partial charge in [0.1, 0.15) is 5.82 Å². The number of hydrogen-bond donors (Lipinski definition) is 1. The number of hydrogen-bond acceptors (Lipinski definition) is 3. The van der Waals surface area contributed by atoms with Crippen molar-refractivity contribution >= 4 is 28.8 Å². The Morgan fingerprint density at radius 2 is 2.05 bits per heavy atom. The van der Waals surface area contributed by atoms with Crippen LogP contribution in [-0.4, -0.2) is 47.0 Å². The Labute approximate surface area is 129 Å². The van der Waals surface area contributed by atoms with Crippen LogP contribution in [-0.2, 0) is 6.54 Å². The molecule has 0 amide bonds. The summed E-state index contributed by atoms with van der Waals surface area (Å²) in [6, 6.07) is 5.26. The zero-order chi connectivity index (χ0) is 14.7. The Hall–Kier alpha value is -0.750. The maximum Gasteiger partial charge on any atom is 0.146 e. The monoisotopic (exact) mass is 315 g/mol. The molecular weight excluding hydrogens is 297 g/mol. The van der Waals surface area contributed by atoms with Gasteiger partial charge in [0.25, 0.3) is 0 Å². The molecule has 20 heavy (non-hydrogen) atoms. The van der Waals surface area contributed by atoms with Crippen LogP contribution in [0.4, 0.5) is 4.39 Å². The van der Waals surface area contributed by atoms with Crippen molar-refractivity contribution in [3.05, 3.63) is 34.6 Å². The molecule has 3 nitrogen and oxygen atoms in total. The third-order valence-electron chi connectivity index (χ3n) is 3.79. The van der Waals surface area contributed by atoms with Crippen molar-refractivity contribution < 1.29 is 4.39 Å². The van der Waals surface area contributed by atoms with Gasteiger partial charge in [-0.25, -0.2) is 4.39 Å². The predicted molar refractivity (Wildman–Crippen MR) is 84.5 cm³/mol. The molecule has 0 spiro atoms. The van der Waals surface area contributed by atoms with Gasteiger partial charge < -0.3 is 5.73 Å². The lowest BCUT2D eigenvalue weighted by molar-refractivity contribution is 0.117. The van der Waals surface area contributed by atoms with Crippen LogP contribution in [0.3, 0.4) is 0 Å². The Balaban J connectivity index is 1.92. The predicted octanol–water partition coefficient (Wildman–Crippen LogP) is 2.27. The second-order valence-corrected chi connectivity index (χ2v) is 5.98. The van der Waals surface area contributed by atoms with Crippen molar-refractivity contribution in [2.45, 2.75) is 19.5 Å². The van der Waals surface area contributed by atoms with Crippen molar-refractivity contribution in [3.63, 3.8) is 0 Å². The third kappa shape index (κ3) is 3.67. The number of nitrogens with two attached hydrogens (primary N) is 1. The second-order valence-electron chi connectivity index (χ2n) is 5.10. The number of thiocarbonyl (C=S) groups is 1. The summed E-state index contributed by atoms with van der Waals surface area (Å²) in [4.78, 5) is 5.00. The van der Waals surface area contributed by atoms with Crippen LogP contribution in [0.2, 0.25) is 5.02 Å². The fraction of sp³-hybridized carbons (Fsp3) is 0.500. The highest BCUT2D eigenvalue weighted by molar-refractivity contribution is 7.80. The van der Waals surface area contributed by atoms with Crippen LogP contribution in [0.15, 0.2) is 18.2 Å². The first-order chi connectivity index (χ1) is 9.49. The van der Waals surface area contributed by atoms with Crippen molar-refractivity contribution in [1.29, 1.82) is 0 Å². The standard InChI is InChI=1S/C14H19ClFN3S/c1-10(14(17)20)19-7-5-18(6-8-19)9-11-3-2-4-12(15)13(11)16/h2-4,10H,5-9H2,1H3,(H2,17,20). The van der Waals surface area contributed by atoms with Gasteiger partial charge in [0, 0.05) is 38.3 Å². The lowest BCUT2D eigenvalue weighted by Crippen LogP contribution is -2.52. The molecule has 0 radical (unpaired) electrons. The first kappa shape index (κ1) is 15.6. The minimum Gasteiger partial charge on any atom is -0.392 e. The van der Waals surface area contributed by atoms with Gasteiger partial charge in [0.2, 0.25) is 0 Å². The Bertz CT molecular complexity index is 489. The summed E-state index contributed by atoms with van der Waals surface area (Å²) in [7, 11) is 0. The van der Waals surface area contributed by atoms with E-state index < -0.39 is 0 Å². The van der Waals surface area contributed by atoms with Crippen LogP contribution < -0.4 is 5.73 Å². The molecule has 1 aliphatic heterocycles. The van der Waals surface area contributed by atoms with E-state index in [0.717, 1.165) is 26.2 Å². The van der Waals surface area contributed by atoms with E-state index in [9.17, 15) is 4.39 Å².